The lowest BCUT2D eigenvalue weighted by atomic mass is 10.0. The SMILES string of the molecule is CCC(c1ccccc1)n1nnnc1CNC(C)C. The summed E-state index contributed by atoms with van der Waals surface area (Å²) in [6, 6.07) is 11.0. The number of benzene rings is 1. The van der Waals surface area contributed by atoms with Crippen molar-refractivity contribution < 1.29 is 0 Å². The van der Waals surface area contributed by atoms with Gasteiger partial charge in [-0.05, 0) is 22.4 Å². The number of aromatic nitrogens is 4. The molecule has 0 aliphatic heterocycles. The molecule has 0 aliphatic carbocycles. The molecule has 1 atom stereocenters. The minimum Gasteiger partial charge on any atom is -0.308 e. The quantitative estimate of drug-likeness (QED) is 0.864. The lowest BCUT2D eigenvalue weighted by Gasteiger charge is -2.17. The van der Waals surface area contributed by atoms with Crippen molar-refractivity contribution in [2.24, 2.45) is 0 Å². The Kier molecular flexibility index (Phi) is 4.63. The highest BCUT2D eigenvalue weighted by Crippen LogP contribution is 2.21. The maximum atomic E-state index is 4.16. The molecule has 1 aromatic carbocycles. The van der Waals surface area contributed by atoms with Gasteiger partial charge >= 0.3 is 0 Å². The standard InChI is InChI=1S/C14H21N5/c1-4-13(12-8-6-5-7-9-12)19-14(16-17-18-19)10-15-11(2)3/h5-9,11,13,15H,4,10H2,1-3H3. The van der Waals surface area contributed by atoms with E-state index in [1.807, 2.05) is 22.9 Å². The van der Waals surface area contributed by atoms with Crippen LogP contribution >= 0.6 is 0 Å². The molecule has 0 saturated carbocycles. The van der Waals surface area contributed by atoms with Gasteiger partial charge in [-0.1, -0.05) is 51.1 Å². The lowest BCUT2D eigenvalue weighted by molar-refractivity contribution is 0.458. The highest BCUT2D eigenvalue weighted by atomic mass is 15.6. The molecule has 5 heteroatoms. The predicted molar refractivity (Wildman–Crippen MR) is 74.7 cm³/mol. The summed E-state index contributed by atoms with van der Waals surface area (Å²) in [5, 5.41) is 15.5. The van der Waals surface area contributed by atoms with Crippen molar-refractivity contribution in [1.82, 2.24) is 25.5 Å². The van der Waals surface area contributed by atoms with Gasteiger partial charge in [-0.3, -0.25) is 0 Å². The molecule has 102 valence electrons. The summed E-state index contributed by atoms with van der Waals surface area (Å²) in [6.07, 6.45) is 0.962. The van der Waals surface area contributed by atoms with E-state index in [4.69, 9.17) is 0 Å². The minimum absolute atomic E-state index is 0.195. The van der Waals surface area contributed by atoms with Gasteiger partial charge in [0.05, 0.1) is 12.6 Å². The van der Waals surface area contributed by atoms with Gasteiger partial charge in [-0.2, -0.15) is 0 Å². The van der Waals surface area contributed by atoms with E-state index in [0.717, 1.165) is 12.2 Å². The molecule has 0 spiro atoms. The third kappa shape index (κ3) is 3.38. The molecule has 2 aromatic rings. The van der Waals surface area contributed by atoms with Gasteiger partial charge in [-0.15, -0.1) is 5.10 Å². The first-order valence-corrected chi connectivity index (χ1v) is 6.77. The summed E-state index contributed by atoms with van der Waals surface area (Å²) in [6.45, 7) is 7.07. The predicted octanol–water partition coefficient (Wildman–Crippen LogP) is 2.17. The van der Waals surface area contributed by atoms with Crippen molar-refractivity contribution >= 4 is 0 Å². The number of hydrogen-bond acceptors (Lipinski definition) is 4. The Morgan fingerprint density at radius 1 is 1.21 bits per heavy atom. The summed E-state index contributed by atoms with van der Waals surface area (Å²) in [5.41, 5.74) is 1.24. The first kappa shape index (κ1) is 13.7. The van der Waals surface area contributed by atoms with Gasteiger partial charge in [0.1, 0.15) is 0 Å². The second-order valence-corrected chi connectivity index (χ2v) is 4.91. The molecule has 0 amide bonds. The fraction of sp³-hybridized carbons (Fsp3) is 0.500. The molecule has 1 unspecified atom stereocenters. The van der Waals surface area contributed by atoms with Crippen LogP contribution in [-0.2, 0) is 6.54 Å². The zero-order chi connectivity index (χ0) is 13.7. The average molecular weight is 259 g/mol. The highest BCUT2D eigenvalue weighted by Gasteiger charge is 2.17. The van der Waals surface area contributed by atoms with Crippen LogP contribution in [-0.4, -0.2) is 26.2 Å². The van der Waals surface area contributed by atoms with Crippen LogP contribution in [0.3, 0.4) is 0 Å². The Morgan fingerprint density at radius 2 is 1.95 bits per heavy atom. The summed E-state index contributed by atoms with van der Waals surface area (Å²) in [5.74, 6) is 0.879. The first-order valence-electron chi connectivity index (χ1n) is 6.77. The van der Waals surface area contributed by atoms with Crippen molar-refractivity contribution in [3.05, 3.63) is 41.7 Å². The summed E-state index contributed by atoms with van der Waals surface area (Å²) in [4.78, 5) is 0. The molecule has 2 rings (SSSR count). The number of nitrogens with one attached hydrogen (secondary N) is 1. The molecule has 0 bridgehead atoms. The second kappa shape index (κ2) is 6.43. The zero-order valence-electron chi connectivity index (χ0n) is 11.7. The monoisotopic (exact) mass is 259 g/mol. The van der Waals surface area contributed by atoms with E-state index in [1.54, 1.807) is 0 Å². The minimum atomic E-state index is 0.195. The van der Waals surface area contributed by atoms with Crippen molar-refractivity contribution in [2.75, 3.05) is 0 Å². The largest absolute Gasteiger partial charge is 0.308 e. The van der Waals surface area contributed by atoms with E-state index in [9.17, 15) is 0 Å². The molecule has 5 nitrogen and oxygen atoms in total. The normalized spacial score (nSPS) is 12.8. The maximum absolute atomic E-state index is 4.16. The maximum Gasteiger partial charge on any atom is 0.165 e. The number of tetrazole rings is 1. The summed E-state index contributed by atoms with van der Waals surface area (Å²) in [7, 11) is 0. The Hall–Kier alpha value is -1.75. The first-order chi connectivity index (χ1) is 9.22. The average Bonchev–Trinajstić information content (AvgIpc) is 2.87. The van der Waals surface area contributed by atoms with E-state index >= 15 is 0 Å². The molecule has 1 aromatic heterocycles. The van der Waals surface area contributed by atoms with Crippen LogP contribution in [0.5, 0.6) is 0 Å². The third-order valence-corrected chi connectivity index (χ3v) is 3.10. The van der Waals surface area contributed by atoms with Crippen LogP contribution in [0.1, 0.15) is 44.6 Å². The smallest absolute Gasteiger partial charge is 0.165 e. The lowest BCUT2D eigenvalue weighted by Crippen LogP contribution is -2.25. The van der Waals surface area contributed by atoms with Crippen molar-refractivity contribution in [3.8, 4) is 0 Å². The van der Waals surface area contributed by atoms with E-state index < -0.39 is 0 Å². The topological polar surface area (TPSA) is 55.6 Å². The fourth-order valence-electron chi connectivity index (χ4n) is 2.09. The number of nitrogens with zero attached hydrogens (tertiary/aromatic N) is 4. The Labute approximate surface area is 114 Å². The molecular weight excluding hydrogens is 238 g/mol. The second-order valence-electron chi connectivity index (χ2n) is 4.91. The number of hydrogen-bond donors (Lipinski definition) is 1. The Bertz CT molecular complexity index is 492. The molecule has 0 aliphatic rings. The van der Waals surface area contributed by atoms with Gasteiger partial charge in [0.15, 0.2) is 5.82 Å². The zero-order valence-corrected chi connectivity index (χ0v) is 11.7. The van der Waals surface area contributed by atoms with Crippen molar-refractivity contribution in [3.63, 3.8) is 0 Å². The van der Waals surface area contributed by atoms with Crippen LogP contribution in [0.4, 0.5) is 0 Å². The molecule has 19 heavy (non-hydrogen) atoms. The number of rotatable bonds is 6. The van der Waals surface area contributed by atoms with Crippen LogP contribution in [0.15, 0.2) is 30.3 Å². The van der Waals surface area contributed by atoms with E-state index in [0.29, 0.717) is 12.6 Å². The fourth-order valence-corrected chi connectivity index (χ4v) is 2.09. The highest BCUT2D eigenvalue weighted by molar-refractivity contribution is 5.19. The van der Waals surface area contributed by atoms with Crippen molar-refractivity contribution in [2.45, 2.75) is 45.8 Å². The van der Waals surface area contributed by atoms with E-state index in [2.05, 4.69) is 53.7 Å². The van der Waals surface area contributed by atoms with Gasteiger partial charge < -0.3 is 5.32 Å². The molecule has 1 N–H and O–H groups in total. The third-order valence-electron chi connectivity index (χ3n) is 3.10. The van der Waals surface area contributed by atoms with Gasteiger partial charge in [0.2, 0.25) is 0 Å². The van der Waals surface area contributed by atoms with Crippen LogP contribution in [0.2, 0.25) is 0 Å². The van der Waals surface area contributed by atoms with E-state index in [1.165, 1.54) is 5.56 Å². The molecular formula is C14H21N5. The molecule has 0 radical (unpaired) electrons. The molecule has 0 saturated heterocycles. The van der Waals surface area contributed by atoms with E-state index in [-0.39, 0.29) is 6.04 Å². The Balaban J connectivity index is 2.22. The molecule has 1 heterocycles. The van der Waals surface area contributed by atoms with Crippen LogP contribution in [0.25, 0.3) is 0 Å². The summed E-state index contributed by atoms with van der Waals surface area (Å²) >= 11 is 0. The van der Waals surface area contributed by atoms with Crippen molar-refractivity contribution in [1.29, 1.82) is 0 Å². The van der Waals surface area contributed by atoms with Gasteiger partial charge in [-0.25, -0.2) is 4.68 Å². The van der Waals surface area contributed by atoms with Crippen LogP contribution < -0.4 is 5.32 Å². The van der Waals surface area contributed by atoms with Gasteiger partial charge in [0.25, 0.3) is 0 Å². The summed E-state index contributed by atoms with van der Waals surface area (Å²) < 4.78 is 1.92. The van der Waals surface area contributed by atoms with Gasteiger partial charge in [0, 0.05) is 6.04 Å². The Morgan fingerprint density at radius 3 is 2.58 bits per heavy atom. The molecule has 0 fully saturated rings. The van der Waals surface area contributed by atoms with Crippen LogP contribution in [0, 0.1) is 0 Å².